The van der Waals surface area contributed by atoms with Crippen LogP contribution in [-0.4, -0.2) is 25.1 Å². The minimum atomic E-state index is 0.230. The highest BCUT2D eigenvalue weighted by atomic mass is 16.1. The third-order valence-corrected chi connectivity index (χ3v) is 6.40. The molecule has 0 saturated heterocycles. The summed E-state index contributed by atoms with van der Waals surface area (Å²) >= 11 is 0. The summed E-state index contributed by atoms with van der Waals surface area (Å²) in [6, 6.07) is 23.8. The zero-order chi connectivity index (χ0) is 23.6. The van der Waals surface area contributed by atoms with E-state index in [1.807, 2.05) is 85.2 Å². The van der Waals surface area contributed by atoms with Gasteiger partial charge in [0.15, 0.2) is 17.2 Å². The highest BCUT2D eigenvalue weighted by Gasteiger charge is 2.25. The molecule has 1 N–H and O–H groups in total. The Morgan fingerprint density at radius 3 is 2.46 bits per heavy atom. The molecular formula is C29H25N5O. The Hall–Kier alpha value is -4.32. The Labute approximate surface area is 203 Å². The number of nitrogens with zero attached hydrogens (tertiary/aromatic N) is 4. The smallest absolute Gasteiger partial charge is 0.180 e. The quantitative estimate of drug-likeness (QED) is 0.286. The normalized spacial score (nSPS) is 13.1. The van der Waals surface area contributed by atoms with Gasteiger partial charge < -0.3 is 5.32 Å². The third kappa shape index (κ3) is 4.55. The van der Waals surface area contributed by atoms with Gasteiger partial charge in [0, 0.05) is 35.5 Å². The molecule has 1 aliphatic rings. The van der Waals surface area contributed by atoms with Gasteiger partial charge in [0.05, 0.1) is 29.8 Å². The van der Waals surface area contributed by atoms with Crippen molar-refractivity contribution in [2.45, 2.75) is 25.8 Å². The fourth-order valence-corrected chi connectivity index (χ4v) is 4.27. The summed E-state index contributed by atoms with van der Waals surface area (Å²) in [6.07, 6.45) is 8.68. The van der Waals surface area contributed by atoms with Crippen LogP contribution in [0.4, 0.5) is 5.82 Å². The van der Waals surface area contributed by atoms with E-state index in [0.29, 0.717) is 24.7 Å². The summed E-state index contributed by atoms with van der Waals surface area (Å²) in [6.45, 7) is 0.543. The Morgan fingerprint density at radius 1 is 0.914 bits per heavy atom. The van der Waals surface area contributed by atoms with Crippen molar-refractivity contribution in [3.05, 3.63) is 103 Å². The molecule has 6 heteroatoms. The molecule has 0 amide bonds. The second-order valence-corrected chi connectivity index (χ2v) is 9.00. The first kappa shape index (κ1) is 21.2. The van der Waals surface area contributed by atoms with E-state index in [-0.39, 0.29) is 5.78 Å². The summed E-state index contributed by atoms with van der Waals surface area (Å²) in [4.78, 5) is 26.5. The van der Waals surface area contributed by atoms with Gasteiger partial charge in [-0.2, -0.15) is 0 Å². The van der Waals surface area contributed by atoms with Crippen LogP contribution in [0.1, 0.15) is 35.3 Å². The van der Waals surface area contributed by atoms with Gasteiger partial charge in [0.2, 0.25) is 0 Å². The summed E-state index contributed by atoms with van der Waals surface area (Å²) in [5, 5.41) is 3.43. The number of rotatable bonds is 8. The highest BCUT2D eigenvalue weighted by Crippen LogP contribution is 2.34. The third-order valence-electron chi connectivity index (χ3n) is 6.40. The van der Waals surface area contributed by atoms with Crippen LogP contribution in [0.15, 0.2) is 91.4 Å². The molecule has 35 heavy (non-hydrogen) atoms. The zero-order valence-corrected chi connectivity index (χ0v) is 19.3. The minimum absolute atomic E-state index is 0.230. The molecule has 0 spiro atoms. The van der Waals surface area contributed by atoms with Gasteiger partial charge in [-0.05, 0) is 30.9 Å². The lowest BCUT2D eigenvalue weighted by Gasteiger charge is -2.11. The van der Waals surface area contributed by atoms with E-state index >= 15 is 0 Å². The molecule has 6 nitrogen and oxygen atoms in total. The molecule has 3 heterocycles. The van der Waals surface area contributed by atoms with Gasteiger partial charge in [-0.15, -0.1) is 0 Å². The Balaban J connectivity index is 1.38. The number of fused-ring (bicyclic) bond motifs is 1. The number of Topliss-reactive ketones (excluding diaryl/α,β-unsaturated/α-hetero) is 1. The number of pyridine rings is 1. The van der Waals surface area contributed by atoms with Crippen molar-refractivity contribution in [2.24, 2.45) is 5.92 Å². The molecule has 1 aliphatic carbocycles. The predicted molar refractivity (Wildman–Crippen MR) is 137 cm³/mol. The van der Waals surface area contributed by atoms with Gasteiger partial charge in [-0.3, -0.25) is 14.2 Å². The molecule has 0 atom stereocenters. The van der Waals surface area contributed by atoms with E-state index < -0.39 is 0 Å². The van der Waals surface area contributed by atoms with Crippen LogP contribution in [0, 0.1) is 5.92 Å². The second-order valence-electron chi connectivity index (χ2n) is 9.00. The van der Waals surface area contributed by atoms with Crippen LogP contribution < -0.4 is 5.32 Å². The van der Waals surface area contributed by atoms with Crippen molar-refractivity contribution in [2.75, 3.05) is 5.32 Å². The van der Waals surface area contributed by atoms with Crippen molar-refractivity contribution >= 4 is 17.2 Å². The number of hydrogen-bond donors (Lipinski definition) is 1. The molecular weight excluding hydrogens is 434 g/mol. The maximum Gasteiger partial charge on any atom is 0.180 e. The number of hydrogen-bond acceptors (Lipinski definition) is 5. The van der Waals surface area contributed by atoms with E-state index in [0.717, 1.165) is 39.4 Å². The van der Waals surface area contributed by atoms with Crippen molar-refractivity contribution < 1.29 is 4.79 Å². The molecule has 172 valence electrons. The van der Waals surface area contributed by atoms with Gasteiger partial charge >= 0.3 is 0 Å². The van der Waals surface area contributed by atoms with Gasteiger partial charge in [-0.25, -0.2) is 9.97 Å². The van der Waals surface area contributed by atoms with Crippen LogP contribution in [0.2, 0.25) is 0 Å². The van der Waals surface area contributed by atoms with E-state index in [1.54, 1.807) is 6.20 Å². The van der Waals surface area contributed by atoms with Crippen LogP contribution in [0.25, 0.3) is 28.2 Å². The standard InChI is InChI=1S/C29H25N5O/c35-27(16-20-9-10-20)23-13-11-22(12-14-23)26-18-32-29-28(31-17-24-8-4-5-15-30-24)33-25(19-34(26)29)21-6-2-1-3-7-21/h1-8,11-15,18-20H,9-10,16-17H2,(H,31,33). The van der Waals surface area contributed by atoms with Gasteiger partial charge in [0.25, 0.3) is 0 Å². The van der Waals surface area contributed by atoms with Crippen LogP contribution in [0.3, 0.4) is 0 Å². The monoisotopic (exact) mass is 459 g/mol. The van der Waals surface area contributed by atoms with Gasteiger partial charge in [0.1, 0.15) is 0 Å². The number of nitrogens with one attached hydrogen (secondary N) is 1. The molecule has 3 aromatic heterocycles. The Morgan fingerprint density at radius 2 is 1.71 bits per heavy atom. The average Bonchev–Trinajstić information content (AvgIpc) is 3.63. The average molecular weight is 460 g/mol. The summed E-state index contributed by atoms with van der Waals surface area (Å²) in [7, 11) is 0. The molecule has 1 saturated carbocycles. The van der Waals surface area contributed by atoms with Crippen LogP contribution >= 0.6 is 0 Å². The molecule has 2 aromatic carbocycles. The fraction of sp³-hybridized carbons (Fsp3) is 0.172. The first-order valence-electron chi connectivity index (χ1n) is 12.0. The molecule has 0 radical (unpaired) electrons. The first-order valence-corrected chi connectivity index (χ1v) is 12.0. The van der Waals surface area contributed by atoms with Gasteiger partial charge in [-0.1, -0.05) is 60.7 Å². The van der Waals surface area contributed by atoms with E-state index in [9.17, 15) is 4.79 Å². The molecule has 0 aliphatic heterocycles. The van der Waals surface area contributed by atoms with Crippen molar-refractivity contribution in [1.29, 1.82) is 0 Å². The lowest BCUT2D eigenvalue weighted by molar-refractivity contribution is 0.0976. The van der Waals surface area contributed by atoms with E-state index in [4.69, 9.17) is 9.97 Å². The maximum absolute atomic E-state index is 12.5. The predicted octanol–water partition coefficient (Wildman–Crippen LogP) is 6.05. The number of carbonyl (C=O) groups excluding carboxylic acids is 1. The van der Waals surface area contributed by atoms with Crippen molar-refractivity contribution in [3.63, 3.8) is 0 Å². The lowest BCUT2D eigenvalue weighted by atomic mass is 10.0. The number of benzene rings is 2. The maximum atomic E-state index is 12.5. The largest absolute Gasteiger partial charge is 0.361 e. The first-order chi connectivity index (χ1) is 17.2. The fourth-order valence-electron chi connectivity index (χ4n) is 4.27. The number of aromatic nitrogens is 4. The van der Waals surface area contributed by atoms with Crippen molar-refractivity contribution in [3.8, 4) is 22.5 Å². The second kappa shape index (κ2) is 9.14. The highest BCUT2D eigenvalue weighted by molar-refractivity contribution is 5.96. The zero-order valence-electron chi connectivity index (χ0n) is 19.3. The number of imidazole rings is 1. The molecule has 0 unspecified atom stereocenters. The number of anilines is 1. The Kier molecular flexibility index (Phi) is 5.54. The van der Waals surface area contributed by atoms with E-state index in [2.05, 4.69) is 14.7 Å². The minimum Gasteiger partial charge on any atom is -0.361 e. The summed E-state index contributed by atoms with van der Waals surface area (Å²) in [5.74, 6) is 1.51. The topological polar surface area (TPSA) is 72.2 Å². The van der Waals surface area contributed by atoms with E-state index in [1.165, 1.54) is 12.8 Å². The van der Waals surface area contributed by atoms with Crippen molar-refractivity contribution in [1.82, 2.24) is 19.4 Å². The molecule has 5 aromatic rings. The van der Waals surface area contributed by atoms with Crippen LogP contribution in [-0.2, 0) is 6.54 Å². The molecule has 6 rings (SSSR count). The summed E-state index contributed by atoms with van der Waals surface area (Å²) < 4.78 is 2.07. The lowest BCUT2D eigenvalue weighted by Crippen LogP contribution is -2.06. The molecule has 0 bridgehead atoms. The number of carbonyl (C=O) groups is 1. The molecule has 1 fully saturated rings. The Bertz CT molecular complexity index is 1470. The summed E-state index contributed by atoms with van der Waals surface area (Å²) in [5.41, 5.74) is 6.26. The number of ketones is 1. The van der Waals surface area contributed by atoms with Crippen LogP contribution in [0.5, 0.6) is 0 Å². The SMILES string of the molecule is O=C(CC1CC1)c1ccc(-c2cnc3c(NCc4ccccn4)nc(-c4ccccc4)cn23)cc1.